The van der Waals surface area contributed by atoms with Crippen molar-refractivity contribution in [2.24, 2.45) is 0 Å². The van der Waals surface area contributed by atoms with Gasteiger partial charge in [-0.1, -0.05) is 37.9 Å². The van der Waals surface area contributed by atoms with Gasteiger partial charge in [0.15, 0.2) is 11.0 Å². The third-order valence-electron chi connectivity index (χ3n) is 4.49. The molecule has 0 unspecified atom stereocenters. The number of hydrogen-bond donors (Lipinski definition) is 1. The molecule has 3 rings (SSSR count). The monoisotopic (exact) mass is 378 g/mol. The van der Waals surface area contributed by atoms with Crippen molar-refractivity contribution in [3.05, 3.63) is 16.3 Å². The Labute approximate surface area is 157 Å². The fourth-order valence-electron chi connectivity index (χ4n) is 3.24. The number of nitrogens with zero attached hydrogens (tertiary/aromatic N) is 3. The lowest BCUT2D eigenvalue weighted by Gasteiger charge is -2.11. The van der Waals surface area contributed by atoms with E-state index >= 15 is 0 Å². The zero-order valence-corrected chi connectivity index (χ0v) is 16.6. The number of carbonyl (C=O) groups is 1. The van der Waals surface area contributed by atoms with E-state index in [9.17, 15) is 4.79 Å². The molecule has 136 valence electrons. The lowest BCUT2D eigenvalue weighted by molar-refractivity contribution is -0.119. The van der Waals surface area contributed by atoms with E-state index in [0.29, 0.717) is 11.8 Å². The van der Waals surface area contributed by atoms with Crippen molar-refractivity contribution in [1.29, 1.82) is 0 Å². The highest BCUT2D eigenvalue weighted by Crippen LogP contribution is 2.28. The summed E-state index contributed by atoms with van der Waals surface area (Å²) in [6.45, 7) is 5.09. The van der Waals surface area contributed by atoms with Gasteiger partial charge in [-0.05, 0) is 32.3 Å². The molecule has 1 amide bonds. The Hall–Kier alpha value is -1.34. The van der Waals surface area contributed by atoms with Crippen molar-refractivity contribution in [3.63, 3.8) is 0 Å². The van der Waals surface area contributed by atoms with Crippen LogP contribution in [-0.2, 0) is 17.8 Å². The van der Waals surface area contributed by atoms with Crippen LogP contribution in [0.25, 0.3) is 11.4 Å². The quantitative estimate of drug-likeness (QED) is 0.702. The molecule has 1 fully saturated rings. The average Bonchev–Trinajstić information content (AvgIpc) is 3.33. The Kier molecular flexibility index (Phi) is 6.53. The number of aryl methyl sites for hydroxylation is 1. The smallest absolute Gasteiger partial charge is 0.230 e. The van der Waals surface area contributed by atoms with E-state index < -0.39 is 0 Å². The minimum Gasteiger partial charge on any atom is -0.353 e. The number of amides is 1. The molecule has 5 nitrogen and oxygen atoms in total. The molecule has 25 heavy (non-hydrogen) atoms. The van der Waals surface area contributed by atoms with Crippen LogP contribution in [0.2, 0.25) is 0 Å². The highest BCUT2D eigenvalue weighted by Gasteiger charge is 2.19. The second kappa shape index (κ2) is 8.85. The number of carbonyl (C=O) groups excluding carboxylic acids is 1. The number of thioether (sulfide) groups is 1. The highest BCUT2D eigenvalue weighted by atomic mass is 32.2. The topological polar surface area (TPSA) is 59.8 Å². The molecule has 1 aliphatic rings. The summed E-state index contributed by atoms with van der Waals surface area (Å²) in [4.78, 5) is 13.5. The molecule has 0 aliphatic heterocycles. The van der Waals surface area contributed by atoms with Gasteiger partial charge in [0, 0.05) is 28.4 Å². The van der Waals surface area contributed by atoms with Crippen LogP contribution in [0.15, 0.2) is 16.6 Å². The van der Waals surface area contributed by atoms with E-state index in [1.165, 1.54) is 29.5 Å². The summed E-state index contributed by atoms with van der Waals surface area (Å²) in [5.74, 6) is 1.41. The number of rotatable bonds is 8. The molecule has 7 heteroatoms. The first kappa shape index (κ1) is 18.5. The predicted octanol–water partition coefficient (Wildman–Crippen LogP) is 4.13. The Morgan fingerprint density at radius 2 is 2.16 bits per heavy atom. The van der Waals surface area contributed by atoms with Crippen LogP contribution in [-0.4, -0.2) is 32.5 Å². The van der Waals surface area contributed by atoms with Crippen LogP contribution in [0, 0.1) is 0 Å². The second-order valence-electron chi connectivity index (χ2n) is 6.44. The molecule has 2 aromatic heterocycles. The van der Waals surface area contributed by atoms with Crippen LogP contribution in [0.4, 0.5) is 0 Å². The van der Waals surface area contributed by atoms with Gasteiger partial charge in [-0.15, -0.1) is 21.5 Å². The van der Waals surface area contributed by atoms with E-state index in [0.717, 1.165) is 48.8 Å². The largest absolute Gasteiger partial charge is 0.353 e. The standard InChI is InChI=1S/C18H26N4OS2/c1-3-7-15-10-13(11-24-15)17-20-21-18(22(17)4-2)25-12-16(23)19-14-8-5-6-9-14/h10-11,14H,3-9,12H2,1-2H3,(H,19,23). The van der Waals surface area contributed by atoms with E-state index in [2.05, 4.69) is 45.4 Å². The first-order valence-electron chi connectivity index (χ1n) is 9.14. The van der Waals surface area contributed by atoms with E-state index in [1.54, 1.807) is 11.3 Å². The SMILES string of the molecule is CCCc1cc(-c2nnc(SCC(=O)NC3CCCC3)n2CC)cs1. The molecule has 0 atom stereocenters. The zero-order chi connectivity index (χ0) is 17.6. The molecule has 0 spiro atoms. The molecule has 2 heterocycles. The van der Waals surface area contributed by atoms with E-state index in [-0.39, 0.29) is 5.91 Å². The normalized spacial score (nSPS) is 15.0. The third kappa shape index (κ3) is 4.64. The molecule has 0 saturated heterocycles. The lowest BCUT2D eigenvalue weighted by atomic mass is 10.2. The molecule has 0 radical (unpaired) electrons. The van der Waals surface area contributed by atoms with Gasteiger partial charge in [-0.2, -0.15) is 0 Å². The lowest BCUT2D eigenvalue weighted by Crippen LogP contribution is -2.33. The maximum Gasteiger partial charge on any atom is 0.230 e. The third-order valence-corrected chi connectivity index (χ3v) is 6.46. The van der Waals surface area contributed by atoms with Gasteiger partial charge in [-0.25, -0.2) is 0 Å². The van der Waals surface area contributed by atoms with Gasteiger partial charge < -0.3 is 9.88 Å². The van der Waals surface area contributed by atoms with E-state index in [1.807, 2.05) is 0 Å². The van der Waals surface area contributed by atoms with Crippen molar-refractivity contribution in [1.82, 2.24) is 20.1 Å². The number of thiophene rings is 1. The fraction of sp³-hybridized carbons (Fsp3) is 0.611. The van der Waals surface area contributed by atoms with E-state index in [4.69, 9.17) is 0 Å². The van der Waals surface area contributed by atoms with Crippen LogP contribution in [0.5, 0.6) is 0 Å². The summed E-state index contributed by atoms with van der Waals surface area (Å²) in [6.07, 6.45) is 6.94. The molecule has 0 bridgehead atoms. The fourth-order valence-corrected chi connectivity index (χ4v) is 5.02. The molecule has 0 aromatic carbocycles. The zero-order valence-electron chi connectivity index (χ0n) is 15.0. The van der Waals surface area contributed by atoms with Gasteiger partial charge >= 0.3 is 0 Å². The average molecular weight is 379 g/mol. The van der Waals surface area contributed by atoms with Gasteiger partial charge in [0.1, 0.15) is 0 Å². The van der Waals surface area contributed by atoms with Crippen LogP contribution >= 0.6 is 23.1 Å². The number of aromatic nitrogens is 3. The summed E-state index contributed by atoms with van der Waals surface area (Å²) in [5.41, 5.74) is 1.13. The Balaban J connectivity index is 1.63. The molecule has 1 N–H and O–H groups in total. The maximum atomic E-state index is 12.1. The number of nitrogens with one attached hydrogen (secondary N) is 1. The van der Waals surface area contributed by atoms with Crippen LogP contribution in [0.1, 0.15) is 50.8 Å². The molecular weight excluding hydrogens is 352 g/mol. The first-order valence-corrected chi connectivity index (χ1v) is 11.0. The highest BCUT2D eigenvalue weighted by molar-refractivity contribution is 7.99. The summed E-state index contributed by atoms with van der Waals surface area (Å²) < 4.78 is 2.10. The predicted molar refractivity (Wildman–Crippen MR) is 104 cm³/mol. The minimum atomic E-state index is 0.102. The van der Waals surface area contributed by atoms with Gasteiger partial charge in [0.2, 0.25) is 5.91 Å². The summed E-state index contributed by atoms with van der Waals surface area (Å²) >= 11 is 3.26. The molecule has 1 saturated carbocycles. The Morgan fingerprint density at radius 3 is 2.88 bits per heavy atom. The Morgan fingerprint density at radius 1 is 1.36 bits per heavy atom. The van der Waals surface area contributed by atoms with Gasteiger partial charge in [-0.3, -0.25) is 4.79 Å². The van der Waals surface area contributed by atoms with Crippen molar-refractivity contribution >= 4 is 29.0 Å². The Bertz CT molecular complexity index is 704. The van der Waals surface area contributed by atoms with Crippen molar-refractivity contribution in [3.8, 4) is 11.4 Å². The second-order valence-corrected chi connectivity index (χ2v) is 8.38. The minimum absolute atomic E-state index is 0.102. The maximum absolute atomic E-state index is 12.1. The summed E-state index contributed by atoms with van der Waals surface area (Å²) in [6, 6.07) is 2.58. The van der Waals surface area contributed by atoms with Crippen molar-refractivity contribution in [2.45, 2.75) is 70.1 Å². The van der Waals surface area contributed by atoms with Crippen molar-refractivity contribution < 1.29 is 4.79 Å². The summed E-state index contributed by atoms with van der Waals surface area (Å²) in [5, 5.41) is 14.8. The van der Waals surface area contributed by atoms with Gasteiger partial charge in [0.25, 0.3) is 0 Å². The number of hydrogen-bond acceptors (Lipinski definition) is 5. The van der Waals surface area contributed by atoms with Crippen LogP contribution in [0.3, 0.4) is 0 Å². The van der Waals surface area contributed by atoms with Crippen molar-refractivity contribution in [2.75, 3.05) is 5.75 Å². The molecule has 2 aromatic rings. The van der Waals surface area contributed by atoms with Gasteiger partial charge in [0.05, 0.1) is 5.75 Å². The first-order chi connectivity index (χ1) is 12.2. The molecular formula is C18H26N4OS2. The summed E-state index contributed by atoms with van der Waals surface area (Å²) in [7, 11) is 0. The van der Waals surface area contributed by atoms with Crippen LogP contribution < -0.4 is 5.32 Å². The molecule has 1 aliphatic carbocycles.